The molecule has 0 unspecified atom stereocenters. The van der Waals surface area contributed by atoms with Gasteiger partial charge in [-0.05, 0) is 58.2 Å². The van der Waals surface area contributed by atoms with Crippen molar-refractivity contribution >= 4 is 15.9 Å². The first-order valence-corrected chi connectivity index (χ1v) is 8.49. The summed E-state index contributed by atoms with van der Waals surface area (Å²) in [5.41, 5.74) is 1.26. The standard InChI is InChI=1S/C17H28BrNO2/c1-17(2,3)19-13-14-12-15(18)8-9-16(14)21-11-7-5-4-6-10-20/h8-9,12,19-20H,4-7,10-11,13H2,1-3H3. The van der Waals surface area contributed by atoms with Crippen LogP contribution in [0.25, 0.3) is 0 Å². The highest BCUT2D eigenvalue weighted by Gasteiger charge is 2.11. The van der Waals surface area contributed by atoms with E-state index in [-0.39, 0.29) is 12.1 Å². The topological polar surface area (TPSA) is 41.5 Å². The van der Waals surface area contributed by atoms with Crippen molar-refractivity contribution in [1.82, 2.24) is 5.32 Å². The Labute approximate surface area is 137 Å². The summed E-state index contributed by atoms with van der Waals surface area (Å²) in [6, 6.07) is 6.15. The fraction of sp³-hybridized carbons (Fsp3) is 0.647. The van der Waals surface area contributed by atoms with E-state index in [0.29, 0.717) is 0 Å². The van der Waals surface area contributed by atoms with E-state index in [4.69, 9.17) is 9.84 Å². The van der Waals surface area contributed by atoms with Crippen LogP contribution in [-0.4, -0.2) is 23.9 Å². The second-order valence-electron chi connectivity index (χ2n) is 6.34. The third-order valence-electron chi connectivity index (χ3n) is 3.14. The van der Waals surface area contributed by atoms with E-state index in [1.165, 1.54) is 5.56 Å². The summed E-state index contributed by atoms with van der Waals surface area (Å²) >= 11 is 3.52. The third-order valence-corrected chi connectivity index (χ3v) is 3.63. The Morgan fingerprint density at radius 2 is 1.86 bits per heavy atom. The van der Waals surface area contributed by atoms with Crippen LogP contribution in [0.4, 0.5) is 0 Å². The molecule has 2 N–H and O–H groups in total. The number of hydrogen-bond donors (Lipinski definition) is 2. The Bertz CT molecular complexity index is 416. The summed E-state index contributed by atoms with van der Waals surface area (Å²) in [7, 11) is 0. The summed E-state index contributed by atoms with van der Waals surface area (Å²) in [5.74, 6) is 0.956. The molecule has 0 amide bonds. The molecule has 0 radical (unpaired) electrons. The minimum Gasteiger partial charge on any atom is -0.493 e. The van der Waals surface area contributed by atoms with Crippen molar-refractivity contribution in [3.63, 3.8) is 0 Å². The average molecular weight is 358 g/mol. The SMILES string of the molecule is CC(C)(C)NCc1cc(Br)ccc1OCCCCCCO. The van der Waals surface area contributed by atoms with E-state index >= 15 is 0 Å². The van der Waals surface area contributed by atoms with Gasteiger partial charge >= 0.3 is 0 Å². The molecule has 0 fully saturated rings. The van der Waals surface area contributed by atoms with Crippen LogP contribution >= 0.6 is 15.9 Å². The maximum atomic E-state index is 8.75. The van der Waals surface area contributed by atoms with Gasteiger partial charge in [0.25, 0.3) is 0 Å². The van der Waals surface area contributed by atoms with Crippen molar-refractivity contribution in [3.05, 3.63) is 28.2 Å². The molecule has 0 spiro atoms. The molecular formula is C17H28BrNO2. The first-order valence-electron chi connectivity index (χ1n) is 7.69. The van der Waals surface area contributed by atoms with Crippen LogP contribution in [0.15, 0.2) is 22.7 Å². The molecule has 0 aliphatic carbocycles. The van der Waals surface area contributed by atoms with Gasteiger partial charge in [0.1, 0.15) is 5.75 Å². The highest BCUT2D eigenvalue weighted by atomic mass is 79.9. The molecule has 0 aliphatic heterocycles. The highest BCUT2D eigenvalue weighted by molar-refractivity contribution is 9.10. The number of rotatable bonds is 9. The molecule has 0 saturated heterocycles. The summed E-state index contributed by atoms with van der Waals surface area (Å²) in [4.78, 5) is 0. The van der Waals surface area contributed by atoms with Crippen LogP contribution in [-0.2, 0) is 6.54 Å². The second kappa shape index (κ2) is 9.44. The van der Waals surface area contributed by atoms with Crippen molar-refractivity contribution in [1.29, 1.82) is 0 Å². The van der Waals surface area contributed by atoms with Crippen molar-refractivity contribution in [3.8, 4) is 5.75 Å². The Kier molecular flexibility index (Phi) is 8.30. The van der Waals surface area contributed by atoms with E-state index in [1.807, 2.05) is 12.1 Å². The summed E-state index contributed by atoms with van der Waals surface area (Å²) < 4.78 is 6.99. The molecule has 21 heavy (non-hydrogen) atoms. The lowest BCUT2D eigenvalue weighted by atomic mass is 10.1. The van der Waals surface area contributed by atoms with Gasteiger partial charge in [0, 0.05) is 28.7 Å². The maximum absolute atomic E-state index is 8.75. The molecule has 0 saturated carbocycles. The largest absolute Gasteiger partial charge is 0.493 e. The lowest BCUT2D eigenvalue weighted by Crippen LogP contribution is -2.35. The summed E-state index contributed by atoms with van der Waals surface area (Å²) in [5, 5.41) is 12.2. The second-order valence-corrected chi connectivity index (χ2v) is 7.26. The lowest BCUT2D eigenvalue weighted by molar-refractivity contribution is 0.272. The first kappa shape index (κ1) is 18.5. The molecule has 4 heteroatoms. The minimum absolute atomic E-state index is 0.0872. The molecule has 0 atom stereocenters. The van der Waals surface area contributed by atoms with Gasteiger partial charge in [0.2, 0.25) is 0 Å². The van der Waals surface area contributed by atoms with Crippen molar-refractivity contribution in [2.24, 2.45) is 0 Å². The molecule has 0 aliphatic rings. The quantitative estimate of drug-likeness (QED) is 0.648. The Morgan fingerprint density at radius 1 is 1.14 bits per heavy atom. The van der Waals surface area contributed by atoms with Gasteiger partial charge in [0.15, 0.2) is 0 Å². The Morgan fingerprint density at radius 3 is 2.52 bits per heavy atom. The van der Waals surface area contributed by atoms with Crippen LogP contribution in [0.2, 0.25) is 0 Å². The van der Waals surface area contributed by atoms with E-state index in [0.717, 1.165) is 49.1 Å². The van der Waals surface area contributed by atoms with Crippen LogP contribution in [0.1, 0.15) is 52.0 Å². The van der Waals surface area contributed by atoms with Crippen LogP contribution in [0, 0.1) is 0 Å². The zero-order valence-corrected chi connectivity index (χ0v) is 15.0. The predicted octanol–water partition coefficient (Wildman–Crippen LogP) is 4.27. The van der Waals surface area contributed by atoms with E-state index in [9.17, 15) is 0 Å². The lowest BCUT2D eigenvalue weighted by Gasteiger charge is -2.22. The van der Waals surface area contributed by atoms with Gasteiger partial charge in [-0.25, -0.2) is 0 Å². The number of benzene rings is 1. The zero-order chi connectivity index (χ0) is 15.7. The van der Waals surface area contributed by atoms with E-state index in [2.05, 4.69) is 48.1 Å². The number of aliphatic hydroxyl groups excluding tert-OH is 1. The van der Waals surface area contributed by atoms with Gasteiger partial charge in [-0.1, -0.05) is 22.4 Å². The molecule has 0 heterocycles. The first-order chi connectivity index (χ1) is 9.92. The Hall–Kier alpha value is -0.580. The molecule has 1 aromatic carbocycles. The molecule has 1 rings (SSSR count). The molecule has 1 aromatic rings. The fourth-order valence-corrected chi connectivity index (χ4v) is 2.35. The summed E-state index contributed by atoms with van der Waals surface area (Å²) in [6.07, 6.45) is 4.09. The number of nitrogens with one attached hydrogen (secondary N) is 1. The van der Waals surface area contributed by atoms with Gasteiger partial charge in [-0.3, -0.25) is 0 Å². The Balaban J connectivity index is 2.48. The van der Waals surface area contributed by atoms with Gasteiger partial charge in [-0.15, -0.1) is 0 Å². The van der Waals surface area contributed by atoms with Crippen LogP contribution < -0.4 is 10.1 Å². The average Bonchev–Trinajstić information content (AvgIpc) is 2.41. The molecule has 120 valence electrons. The van der Waals surface area contributed by atoms with E-state index < -0.39 is 0 Å². The predicted molar refractivity (Wildman–Crippen MR) is 91.8 cm³/mol. The van der Waals surface area contributed by atoms with Gasteiger partial charge in [0.05, 0.1) is 6.61 Å². The summed E-state index contributed by atoms with van der Waals surface area (Å²) in [6.45, 7) is 8.29. The van der Waals surface area contributed by atoms with Crippen molar-refractivity contribution in [2.45, 2.75) is 58.5 Å². The number of aliphatic hydroxyl groups is 1. The number of ether oxygens (including phenoxy) is 1. The number of unbranched alkanes of at least 4 members (excludes halogenated alkanes) is 3. The minimum atomic E-state index is 0.0872. The van der Waals surface area contributed by atoms with Gasteiger partial charge < -0.3 is 15.2 Å². The van der Waals surface area contributed by atoms with Crippen LogP contribution in [0.3, 0.4) is 0 Å². The highest BCUT2D eigenvalue weighted by Crippen LogP contribution is 2.24. The van der Waals surface area contributed by atoms with Crippen LogP contribution in [0.5, 0.6) is 5.75 Å². The zero-order valence-electron chi connectivity index (χ0n) is 13.4. The number of hydrogen-bond acceptors (Lipinski definition) is 3. The van der Waals surface area contributed by atoms with Gasteiger partial charge in [-0.2, -0.15) is 0 Å². The van der Waals surface area contributed by atoms with E-state index in [1.54, 1.807) is 0 Å². The molecule has 0 aromatic heterocycles. The maximum Gasteiger partial charge on any atom is 0.123 e. The monoisotopic (exact) mass is 357 g/mol. The molecular weight excluding hydrogens is 330 g/mol. The fourth-order valence-electron chi connectivity index (χ4n) is 1.94. The van der Waals surface area contributed by atoms with Crippen molar-refractivity contribution in [2.75, 3.05) is 13.2 Å². The molecule has 3 nitrogen and oxygen atoms in total. The normalized spacial score (nSPS) is 11.7. The van der Waals surface area contributed by atoms with Crippen molar-refractivity contribution < 1.29 is 9.84 Å². The third kappa shape index (κ3) is 8.44. The smallest absolute Gasteiger partial charge is 0.123 e. The number of halogens is 1. The molecule has 0 bridgehead atoms.